The van der Waals surface area contributed by atoms with Crippen molar-refractivity contribution in [3.8, 4) is 17.0 Å². The molecule has 0 radical (unpaired) electrons. The van der Waals surface area contributed by atoms with E-state index in [2.05, 4.69) is 22.2 Å². The molecule has 1 aliphatic heterocycles. The quantitative estimate of drug-likeness (QED) is 0.507. The number of nitrogens with zero attached hydrogens (tertiary/aromatic N) is 3. The number of nitrogens with one attached hydrogen (secondary N) is 1. The molecule has 0 atom stereocenters. The number of methoxy groups -OCH3 is 1. The molecule has 9 nitrogen and oxygen atoms in total. The second-order valence-electron chi connectivity index (χ2n) is 7.30. The molecule has 2 amide bonds. The fourth-order valence-corrected chi connectivity index (χ4v) is 5.15. The molecule has 172 valence electrons. The minimum Gasteiger partial charge on any atom is -0.482 e. The van der Waals surface area contributed by atoms with Crippen LogP contribution in [0.15, 0.2) is 23.6 Å². The second kappa shape index (κ2) is 9.67. The molecule has 1 aromatic carbocycles. The van der Waals surface area contributed by atoms with Crippen molar-refractivity contribution in [2.24, 2.45) is 0 Å². The van der Waals surface area contributed by atoms with Gasteiger partial charge in [-0.1, -0.05) is 18.3 Å². The number of carbonyl (C=O) groups is 3. The summed E-state index contributed by atoms with van der Waals surface area (Å²) in [5.74, 6) is -0.761. The number of aryl methyl sites for hydroxylation is 2. The molecule has 3 heterocycles. The Hall–Kier alpha value is -3.31. The van der Waals surface area contributed by atoms with Crippen molar-refractivity contribution < 1.29 is 23.9 Å². The Balaban J connectivity index is 1.54. The fraction of sp³-hybridized carbons (Fsp3) is 0.318. The van der Waals surface area contributed by atoms with Crippen molar-refractivity contribution in [3.63, 3.8) is 0 Å². The molecular weight excluding hydrogens is 464 g/mol. The van der Waals surface area contributed by atoms with E-state index in [1.165, 1.54) is 12.0 Å². The molecule has 0 spiro atoms. The predicted molar refractivity (Wildman–Crippen MR) is 126 cm³/mol. The van der Waals surface area contributed by atoms with Gasteiger partial charge in [-0.05, 0) is 38.0 Å². The maximum atomic E-state index is 12.7. The van der Waals surface area contributed by atoms with E-state index in [9.17, 15) is 14.4 Å². The number of hydrogen-bond donors (Lipinski definition) is 1. The van der Waals surface area contributed by atoms with Crippen LogP contribution < -0.4 is 15.0 Å². The maximum Gasteiger partial charge on any atom is 0.350 e. The van der Waals surface area contributed by atoms with Gasteiger partial charge in [0.1, 0.15) is 17.2 Å². The molecule has 33 heavy (non-hydrogen) atoms. The summed E-state index contributed by atoms with van der Waals surface area (Å²) in [4.78, 5) is 47.7. The smallest absolute Gasteiger partial charge is 0.350 e. The van der Waals surface area contributed by atoms with Crippen LogP contribution in [0.3, 0.4) is 0 Å². The van der Waals surface area contributed by atoms with Crippen LogP contribution >= 0.6 is 22.7 Å². The van der Waals surface area contributed by atoms with E-state index in [0.717, 1.165) is 40.4 Å². The molecule has 0 aliphatic carbocycles. The van der Waals surface area contributed by atoms with Crippen LogP contribution in [0.25, 0.3) is 11.3 Å². The van der Waals surface area contributed by atoms with Crippen LogP contribution in [0.1, 0.15) is 33.7 Å². The zero-order valence-corrected chi connectivity index (χ0v) is 20.0. The number of anilines is 2. The molecule has 1 N–H and O–H groups in total. The first-order chi connectivity index (χ1) is 15.9. The van der Waals surface area contributed by atoms with E-state index in [4.69, 9.17) is 9.47 Å². The largest absolute Gasteiger partial charge is 0.482 e. The summed E-state index contributed by atoms with van der Waals surface area (Å²) >= 11 is 2.62. The molecule has 0 fully saturated rings. The van der Waals surface area contributed by atoms with Crippen LogP contribution in [0.2, 0.25) is 0 Å². The summed E-state index contributed by atoms with van der Waals surface area (Å²) < 4.78 is 10.3. The van der Waals surface area contributed by atoms with Crippen molar-refractivity contribution in [1.29, 1.82) is 0 Å². The molecule has 0 unspecified atom stereocenters. The molecule has 3 aromatic rings. The number of benzene rings is 1. The van der Waals surface area contributed by atoms with Crippen molar-refractivity contribution >= 4 is 51.3 Å². The van der Waals surface area contributed by atoms with E-state index in [0.29, 0.717) is 22.0 Å². The van der Waals surface area contributed by atoms with Gasteiger partial charge >= 0.3 is 5.97 Å². The monoisotopic (exact) mass is 486 g/mol. The minimum absolute atomic E-state index is 0.153. The van der Waals surface area contributed by atoms with Gasteiger partial charge in [-0.3, -0.25) is 14.5 Å². The lowest BCUT2D eigenvalue weighted by Crippen LogP contribution is -2.43. The van der Waals surface area contributed by atoms with Crippen molar-refractivity contribution in [2.75, 3.05) is 30.5 Å². The molecular formula is C22H22N4O5S2. The maximum absolute atomic E-state index is 12.7. The summed E-state index contributed by atoms with van der Waals surface area (Å²) in [7, 11) is 1.28. The third-order valence-corrected chi connectivity index (χ3v) is 6.89. The van der Waals surface area contributed by atoms with Crippen molar-refractivity contribution in [1.82, 2.24) is 9.97 Å². The normalized spacial score (nSPS) is 12.8. The fourth-order valence-electron chi connectivity index (χ4n) is 3.34. The number of amides is 2. The number of aromatic nitrogens is 2. The van der Waals surface area contributed by atoms with Crippen molar-refractivity contribution in [3.05, 3.63) is 39.2 Å². The standard InChI is InChI=1S/C22H22N4O5S2/c1-4-5-18-24-14(11-32-18)13-6-7-16-15(8-13)26(19(28)10-31-16)9-17(27)25-22-23-12(2)20(33-22)21(29)30-3/h6-8,11H,4-5,9-10H2,1-3H3,(H,23,25,27). The Labute approximate surface area is 198 Å². The van der Waals surface area contributed by atoms with Gasteiger partial charge in [0.25, 0.3) is 5.91 Å². The molecule has 4 rings (SSSR count). The van der Waals surface area contributed by atoms with Gasteiger partial charge in [0.15, 0.2) is 11.7 Å². The summed E-state index contributed by atoms with van der Waals surface area (Å²) in [5, 5.41) is 5.96. The first-order valence-electron chi connectivity index (χ1n) is 10.3. The van der Waals surface area contributed by atoms with Crippen molar-refractivity contribution in [2.45, 2.75) is 26.7 Å². The van der Waals surface area contributed by atoms with Gasteiger partial charge in [0, 0.05) is 10.9 Å². The molecule has 11 heteroatoms. The number of carbonyl (C=O) groups excluding carboxylic acids is 3. The highest BCUT2D eigenvalue weighted by atomic mass is 32.1. The minimum atomic E-state index is -0.514. The zero-order valence-electron chi connectivity index (χ0n) is 18.3. The predicted octanol–water partition coefficient (Wildman–Crippen LogP) is 3.68. The Bertz CT molecular complexity index is 1220. The topological polar surface area (TPSA) is 111 Å². The first-order valence-corrected chi connectivity index (χ1v) is 12.0. The van der Waals surface area contributed by atoms with Crippen LogP contribution in [0.4, 0.5) is 10.8 Å². The summed E-state index contributed by atoms with van der Waals surface area (Å²) in [5.41, 5.74) is 2.64. The van der Waals surface area contributed by atoms with Gasteiger partial charge in [-0.25, -0.2) is 14.8 Å². The number of ether oxygens (including phenoxy) is 2. The average Bonchev–Trinajstić information content (AvgIpc) is 3.41. The number of hydrogen-bond acceptors (Lipinski definition) is 9. The number of rotatable bonds is 7. The number of esters is 1. The Kier molecular flexibility index (Phi) is 6.70. The van der Waals surface area contributed by atoms with Gasteiger partial charge in [-0.2, -0.15) is 0 Å². The lowest BCUT2D eigenvalue weighted by Gasteiger charge is -2.29. The number of fused-ring (bicyclic) bond motifs is 1. The number of thiazole rings is 2. The van der Waals surface area contributed by atoms with E-state index in [1.54, 1.807) is 24.3 Å². The van der Waals surface area contributed by atoms with E-state index < -0.39 is 11.9 Å². The van der Waals surface area contributed by atoms with Crippen LogP contribution in [0.5, 0.6) is 5.75 Å². The Morgan fingerprint density at radius 2 is 2.12 bits per heavy atom. The zero-order chi connectivity index (χ0) is 23.5. The lowest BCUT2D eigenvalue weighted by atomic mass is 10.1. The lowest BCUT2D eigenvalue weighted by molar-refractivity contribution is -0.123. The third kappa shape index (κ3) is 4.88. The highest BCUT2D eigenvalue weighted by molar-refractivity contribution is 7.17. The van der Waals surface area contributed by atoms with Gasteiger partial charge in [0.05, 0.1) is 29.2 Å². The molecule has 0 saturated carbocycles. The Morgan fingerprint density at radius 3 is 2.88 bits per heavy atom. The SMILES string of the molecule is CCCc1nc(-c2ccc3c(c2)N(CC(=O)Nc2nc(C)c(C(=O)OC)s2)C(=O)CO3)cs1. The second-order valence-corrected chi connectivity index (χ2v) is 9.24. The molecule has 1 aliphatic rings. The van der Waals surface area contributed by atoms with Gasteiger partial charge in [-0.15, -0.1) is 11.3 Å². The highest BCUT2D eigenvalue weighted by Crippen LogP contribution is 2.36. The van der Waals surface area contributed by atoms with Crippen LogP contribution in [-0.4, -0.2) is 48.0 Å². The van der Waals surface area contributed by atoms with E-state index in [-0.39, 0.29) is 24.2 Å². The van der Waals surface area contributed by atoms with E-state index >= 15 is 0 Å². The van der Waals surface area contributed by atoms with Gasteiger partial charge in [0.2, 0.25) is 5.91 Å². The molecule has 0 bridgehead atoms. The van der Waals surface area contributed by atoms with Crippen LogP contribution in [-0.2, 0) is 20.7 Å². The summed E-state index contributed by atoms with van der Waals surface area (Å²) in [6.45, 7) is 3.39. The average molecular weight is 487 g/mol. The third-order valence-electron chi connectivity index (χ3n) is 4.93. The summed E-state index contributed by atoms with van der Waals surface area (Å²) in [6, 6.07) is 5.49. The first kappa shape index (κ1) is 22.9. The Morgan fingerprint density at radius 1 is 1.30 bits per heavy atom. The van der Waals surface area contributed by atoms with E-state index in [1.807, 2.05) is 17.5 Å². The molecule has 0 saturated heterocycles. The highest BCUT2D eigenvalue weighted by Gasteiger charge is 2.28. The summed E-state index contributed by atoms with van der Waals surface area (Å²) in [6.07, 6.45) is 1.93. The van der Waals surface area contributed by atoms with Gasteiger partial charge < -0.3 is 14.8 Å². The van der Waals surface area contributed by atoms with Crippen LogP contribution in [0, 0.1) is 6.92 Å². The molecule has 2 aromatic heterocycles.